The molecule has 2 fully saturated rings. The van der Waals surface area contributed by atoms with Gasteiger partial charge < -0.3 is 19.1 Å². The van der Waals surface area contributed by atoms with Crippen LogP contribution in [0, 0.1) is 0 Å². The van der Waals surface area contributed by atoms with Gasteiger partial charge in [0, 0.05) is 44.3 Å². The van der Waals surface area contributed by atoms with Crippen molar-refractivity contribution in [1.82, 2.24) is 15.0 Å². The fourth-order valence-electron chi connectivity index (χ4n) is 3.38. The molecule has 2 aliphatic rings. The molecule has 0 spiro atoms. The molecule has 3 rings (SSSR count). The van der Waals surface area contributed by atoms with E-state index in [1.54, 1.807) is 11.0 Å². The largest absolute Gasteiger partial charge is 0.378 e. The summed E-state index contributed by atoms with van der Waals surface area (Å²) < 4.78 is 10.9. The first kappa shape index (κ1) is 19.7. The van der Waals surface area contributed by atoms with E-state index >= 15 is 0 Å². The number of nitrogens with one attached hydrogen (secondary N) is 1. The Morgan fingerprint density at radius 3 is 2.59 bits per heavy atom. The van der Waals surface area contributed by atoms with Crippen LogP contribution in [0.25, 0.3) is 0 Å². The topological polar surface area (TPSA) is 87.9 Å². The molecule has 3 amide bonds. The normalized spacial score (nSPS) is 21.2. The molecule has 1 aromatic heterocycles. The minimum absolute atomic E-state index is 0.0596. The lowest BCUT2D eigenvalue weighted by atomic mass is 9.93. The van der Waals surface area contributed by atoms with E-state index in [1.165, 1.54) is 0 Å². The van der Waals surface area contributed by atoms with Gasteiger partial charge in [0.15, 0.2) is 5.82 Å². The molecule has 1 unspecified atom stereocenters. The second-order valence-corrected chi connectivity index (χ2v) is 8.32. The number of urea groups is 1. The van der Waals surface area contributed by atoms with Gasteiger partial charge in [-0.2, -0.15) is 0 Å². The van der Waals surface area contributed by atoms with Crippen molar-refractivity contribution in [2.45, 2.75) is 58.0 Å². The van der Waals surface area contributed by atoms with Crippen molar-refractivity contribution in [2.75, 3.05) is 38.1 Å². The standard InChI is InChI=1S/C19H30N4O4/c1-19(2,3)15-13-16(21-27-15)20-18(25)23-8-5-7-22(9-10-23)17(24)12-14-6-4-11-26-14/h13-14H,4-12H2,1-3H3,(H,20,21,25). The van der Waals surface area contributed by atoms with Gasteiger partial charge in [-0.05, 0) is 19.3 Å². The number of anilines is 1. The van der Waals surface area contributed by atoms with E-state index in [4.69, 9.17) is 9.26 Å². The van der Waals surface area contributed by atoms with Gasteiger partial charge in [-0.3, -0.25) is 10.1 Å². The van der Waals surface area contributed by atoms with Gasteiger partial charge in [0.1, 0.15) is 5.76 Å². The van der Waals surface area contributed by atoms with Crippen molar-refractivity contribution in [1.29, 1.82) is 0 Å². The Bertz CT molecular complexity index is 661. The molecule has 150 valence electrons. The fourth-order valence-corrected chi connectivity index (χ4v) is 3.38. The number of nitrogens with zero attached hydrogens (tertiary/aromatic N) is 3. The maximum atomic E-state index is 12.5. The third kappa shape index (κ3) is 5.22. The van der Waals surface area contributed by atoms with Crippen molar-refractivity contribution < 1.29 is 18.8 Å². The first-order valence-electron chi connectivity index (χ1n) is 9.75. The van der Waals surface area contributed by atoms with Crippen LogP contribution in [0.15, 0.2) is 10.6 Å². The molecule has 0 aromatic carbocycles. The van der Waals surface area contributed by atoms with Crippen LogP contribution < -0.4 is 5.32 Å². The summed E-state index contributed by atoms with van der Waals surface area (Å²) in [6.07, 6.45) is 3.26. The van der Waals surface area contributed by atoms with Gasteiger partial charge in [-0.15, -0.1) is 0 Å². The molecular formula is C19H30N4O4. The average molecular weight is 378 g/mol. The molecule has 1 atom stereocenters. The molecule has 2 saturated heterocycles. The minimum Gasteiger partial charge on any atom is -0.378 e. The van der Waals surface area contributed by atoms with E-state index in [-0.39, 0.29) is 23.5 Å². The predicted octanol–water partition coefficient (Wildman–Crippen LogP) is 2.61. The summed E-state index contributed by atoms with van der Waals surface area (Å²) in [6.45, 7) is 9.17. The molecule has 0 bridgehead atoms. The minimum atomic E-state index is -0.211. The summed E-state index contributed by atoms with van der Waals surface area (Å²) in [5, 5.41) is 6.72. The SMILES string of the molecule is CC(C)(C)c1cc(NC(=O)N2CCCN(C(=O)CC3CCCO3)CC2)no1. The molecule has 3 heterocycles. The van der Waals surface area contributed by atoms with E-state index in [0.717, 1.165) is 31.6 Å². The molecule has 8 heteroatoms. The summed E-state index contributed by atoms with van der Waals surface area (Å²) in [5.74, 6) is 1.26. The third-order valence-corrected chi connectivity index (χ3v) is 5.05. The monoisotopic (exact) mass is 378 g/mol. The lowest BCUT2D eigenvalue weighted by Crippen LogP contribution is -2.40. The molecular weight excluding hydrogens is 348 g/mol. The van der Waals surface area contributed by atoms with Gasteiger partial charge in [0.25, 0.3) is 0 Å². The number of ether oxygens (including phenoxy) is 1. The lowest BCUT2D eigenvalue weighted by Gasteiger charge is -2.23. The van der Waals surface area contributed by atoms with Crippen molar-refractivity contribution in [2.24, 2.45) is 0 Å². The van der Waals surface area contributed by atoms with Crippen molar-refractivity contribution in [3.63, 3.8) is 0 Å². The molecule has 0 radical (unpaired) electrons. The Hall–Kier alpha value is -2.09. The molecule has 8 nitrogen and oxygen atoms in total. The van der Waals surface area contributed by atoms with E-state index < -0.39 is 0 Å². The van der Waals surface area contributed by atoms with Crippen molar-refractivity contribution >= 4 is 17.8 Å². The lowest BCUT2D eigenvalue weighted by molar-refractivity contribution is -0.133. The van der Waals surface area contributed by atoms with Gasteiger partial charge in [0.05, 0.1) is 12.5 Å². The number of rotatable bonds is 3. The average Bonchev–Trinajstić information content (AvgIpc) is 3.21. The highest BCUT2D eigenvalue weighted by Crippen LogP contribution is 2.24. The Morgan fingerprint density at radius 2 is 1.93 bits per heavy atom. The zero-order valence-corrected chi connectivity index (χ0v) is 16.5. The van der Waals surface area contributed by atoms with E-state index in [2.05, 4.69) is 10.5 Å². The van der Waals surface area contributed by atoms with E-state index in [9.17, 15) is 9.59 Å². The van der Waals surface area contributed by atoms with E-state index in [1.807, 2.05) is 25.7 Å². The zero-order chi connectivity index (χ0) is 19.4. The van der Waals surface area contributed by atoms with Crippen molar-refractivity contribution in [3.8, 4) is 0 Å². The maximum Gasteiger partial charge on any atom is 0.323 e. The Kier molecular flexibility index (Phi) is 6.04. The first-order chi connectivity index (χ1) is 12.8. The first-order valence-corrected chi connectivity index (χ1v) is 9.75. The van der Waals surface area contributed by atoms with Crippen LogP contribution in [0.2, 0.25) is 0 Å². The molecule has 0 saturated carbocycles. The fraction of sp³-hybridized carbons (Fsp3) is 0.737. The van der Waals surface area contributed by atoms with Crippen LogP contribution in [0.1, 0.15) is 52.2 Å². The molecule has 2 aliphatic heterocycles. The second-order valence-electron chi connectivity index (χ2n) is 8.32. The van der Waals surface area contributed by atoms with Gasteiger partial charge in [-0.1, -0.05) is 25.9 Å². The van der Waals surface area contributed by atoms with Crippen LogP contribution in [-0.2, 0) is 14.9 Å². The third-order valence-electron chi connectivity index (χ3n) is 5.05. The highest BCUT2D eigenvalue weighted by atomic mass is 16.5. The number of hydrogen-bond acceptors (Lipinski definition) is 5. The van der Waals surface area contributed by atoms with Crippen LogP contribution >= 0.6 is 0 Å². The summed E-state index contributed by atoms with van der Waals surface area (Å²) in [7, 11) is 0. The highest BCUT2D eigenvalue weighted by molar-refractivity contribution is 5.88. The quantitative estimate of drug-likeness (QED) is 0.873. The van der Waals surface area contributed by atoms with Crippen LogP contribution in [-0.4, -0.2) is 65.8 Å². The van der Waals surface area contributed by atoms with Crippen molar-refractivity contribution in [3.05, 3.63) is 11.8 Å². The number of carbonyl (C=O) groups excluding carboxylic acids is 2. The Morgan fingerprint density at radius 1 is 1.19 bits per heavy atom. The summed E-state index contributed by atoms with van der Waals surface area (Å²) >= 11 is 0. The predicted molar refractivity (Wildman–Crippen MR) is 101 cm³/mol. The number of amides is 3. The molecule has 1 N–H and O–H groups in total. The summed E-state index contributed by atoms with van der Waals surface area (Å²) in [4.78, 5) is 28.6. The van der Waals surface area contributed by atoms with Crippen LogP contribution in [0.5, 0.6) is 0 Å². The Labute approximate surface area is 160 Å². The summed E-state index contributed by atoms with van der Waals surface area (Å²) in [5.41, 5.74) is -0.164. The molecule has 27 heavy (non-hydrogen) atoms. The highest BCUT2D eigenvalue weighted by Gasteiger charge is 2.26. The maximum absolute atomic E-state index is 12.5. The Balaban J connectivity index is 1.50. The molecule has 0 aliphatic carbocycles. The zero-order valence-electron chi connectivity index (χ0n) is 16.5. The smallest absolute Gasteiger partial charge is 0.323 e. The van der Waals surface area contributed by atoms with Gasteiger partial charge in [0.2, 0.25) is 5.91 Å². The van der Waals surface area contributed by atoms with E-state index in [0.29, 0.717) is 38.4 Å². The molecule has 1 aromatic rings. The van der Waals surface area contributed by atoms with Gasteiger partial charge in [-0.25, -0.2) is 4.79 Å². The second kappa shape index (κ2) is 8.29. The number of hydrogen-bond donors (Lipinski definition) is 1. The van der Waals surface area contributed by atoms with Crippen LogP contribution in [0.3, 0.4) is 0 Å². The van der Waals surface area contributed by atoms with Crippen LogP contribution in [0.4, 0.5) is 10.6 Å². The van der Waals surface area contributed by atoms with Gasteiger partial charge >= 0.3 is 6.03 Å². The number of carbonyl (C=O) groups is 2. The number of aromatic nitrogens is 1. The summed E-state index contributed by atoms with van der Waals surface area (Å²) in [6, 6.07) is 1.55.